The van der Waals surface area contributed by atoms with Crippen LogP contribution in [0, 0.1) is 10.1 Å². The molecule has 1 unspecified atom stereocenters. The molecular formula is C16H18N2O3. The molecule has 0 saturated heterocycles. The van der Waals surface area contributed by atoms with Crippen LogP contribution in [-0.4, -0.2) is 22.7 Å². The molecule has 21 heavy (non-hydrogen) atoms. The molecule has 0 fully saturated rings. The lowest BCUT2D eigenvalue weighted by Gasteiger charge is -2.16. The smallest absolute Gasteiger partial charge is 0.273 e. The number of nitrogens with one attached hydrogen (secondary N) is 1. The van der Waals surface area contributed by atoms with Crippen molar-refractivity contribution < 1.29 is 10.0 Å². The van der Waals surface area contributed by atoms with Crippen molar-refractivity contribution in [2.45, 2.75) is 19.0 Å². The molecule has 2 aromatic carbocycles. The summed E-state index contributed by atoms with van der Waals surface area (Å²) in [5, 5.41) is 23.6. The summed E-state index contributed by atoms with van der Waals surface area (Å²) in [4.78, 5) is 10.6. The van der Waals surface area contributed by atoms with E-state index in [1.165, 1.54) is 6.07 Å². The van der Waals surface area contributed by atoms with Crippen LogP contribution >= 0.6 is 0 Å². The third kappa shape index (κ3) is 4.37. The van der Waals surface area contributed by atoms with E-state index in [9.17, 15) is 15.2 Å². The second-order valence-electron chi connectivity index (χ2n) is 4.84. The van der Waals surface area contributed by atoms with Gasteiger partial charge in [0.1, 0.15) is 0 Å². The van der Waals surface area contributed by atoms with Gasteiger partial charge in [-0.05, 0) is 12.0 Å². The first-order valence-corrected chi connectivity index (χ1v) is 6.81. The maximum Gasteiger partial charge on any atom is 0.273 e. The Balaban J connectivity index is 1.99. The van der Waals surface area contributed by atoms with Gasteiger partial charge in [-0.15, -0.1) is 0 Å². The SMILES string of the molecule is O=[N+]([O-])c1ccccc1CNC(CO)Cc1ccccc1. The minimum Gasteiger partial charge on any atom is -0.395 e. The first-order chi connectivity index (χ1) is 10.2. The molecular weight excluding hydrogens is 268 g/mol. The van der Waals surface area contributed by atoms with Gasteiger partial charge in [-0.2, -0.15) is 0 Å². The number of nitro groups is 1. The lowest BCUT2D eigenvalue weighted by molar-refractivity contribution is -0.385. The normalized spacial score (nSPS) is 12.0. The van der Waals surface area contributed by atoms with Crippen LogP contribution in [0.1, 0.15) is 11.1 Å². The summed E-state index contributed by atoms with van der Waals surface area (Å²) in [7, 11) is 0. The largest absolute Gasteiger partial charge is 0.395 e. The van der Waals surface area contributed by atoms with E-state index in [0.717, 1.165) is 5.56 Å². The van der Waals surface area contributed by atoms with Crippen LogP contribution in [0.25, 0.3) is 0 Å². The Morgan fingerprint density at radius 2 is 1.76 bits per heavy atom. The quantitative estimate of drug-likeness (QED) is 0.605. The molecule has 0 heterocycles. The third-order valence-corrected chi connectivity index (χ3v) is 3.31. The molecule has 1 atom stereocenters. The lowest BCUT2D eigenvalue weighted by atomic mass is 10.1. The molecule has 0 aromatic heterocycles. The third-order valence-electron chi connectivity index (χ3n) is 3.31. The van der Waals surface area contributed by atoms with Crippen molar-refractivity contribution in [1.29, 1.82) is 0 Å². The Hall–Kier alpha value is -2.24. The molecule has 0 aliphatic heterocycles. The van der Waals surface area contributed by atoms with Crippen molar-refractivity contribution in [3.05, 3.63) is 75.8 Å². The predicted octanol–water partition coefficient (Wildman–Crippen LogP) is 2.29. The van der Waals surface area contributed by atoms with Gasteiger partial charge >= 0.3 is 0 Å². The van der Waals surface area contributed by atoms with Crippen molar-refractivity contribution in [1.82, 2.24) is 5.32 Å². The van der Waals surface area contributed by atoms with E-state index in [0.29, 0.717) is 18.5 Å². The molecule has 0 radical (unpaired) electrons. The van der Waals surface area contributed by atoms with Gasteiger partial charge in [0.15, 0.2) is 0 Å². The molecule has 2 N–H and O–H groups in total. The van der Waals surface area contributed by atoms with Crippen LogP contribution in [0.4, 0.5) is 5.69 Å². The van der Waals surface area contributed by atoms with E-state index < -0.39 is 0 Å². The van der Waals surface area contributed by atoms with E-state index in [2.05, 4.69) is 5.32 Å². The Labute approximate surface area is 123 Å². The fraction of sp³-hybridized carbons (Fsp3) is 0.250. The van der Waals surface area contributed by atoms with Gasteiger partial charge in [0.25, 0.3) is 5.69 Å². The number of benzene rings is 2. The van der Waals surface area contributed by atoms with Gasteiger partial charge in [0, 0.05) is 24.2 Å². The molecule has 0 spiro atoms. The summed E-state index contributed by atoms with van der Waals surface area (Å²) in [6.07, 6.45) is 0.679. The van der Waals surface area contributed by atoms with Crippen molar-refractivity contribution in [2.75, 3.05) is 6.61 Å². The van der Waals surface area contributed by atoms with Crippen LogP contribution < -0.4 is 5.32 Å². The summed E-state index contributed by atoms with van der Waals surface area (Å²) < 4.78 is 0. The number of aliphatic hydroxyl groups excluding tert-OH is 1. The Morgan fingerprint density at radius 3 is 2.43 bits per heavy atom. The van der Waals surface area contributed by atoms with Crippen LogP contribution in [-0.2, 0) is 13.0 Å². The van der Waals surface area contributed by atoms with Crippen LogP contribution in [0.15, 0.2) is 54.6 Å². The van der Waals surface area contributed by atoms with Gasteiger partial charge in [-0.25, -0.2) is 0 Å². The summed E-state index contributed by atoms with van der Waals surface area (Å²) in [5.74, 6) is 0. The molecule has 5 nitrogen and oxygen atoms in total. The van der Waals surface area contributed by atoms with Crippen molar-refractivity contribution in [3.8, 4) is 0 Å². The van der Waals surface area contributed by atoms with Crippen LogP contribution in [0.3, 0.4) is 0 Å². The zero-order valence-electron chi connectivity index (χ0n) is 11.6. The Kier molecular flexibility index (Phi) is 5.43. The van der Waals surface area contributed by atoms with Gasteiger partial charge in [-0.3, -0.25) is 10.1 Å². The maximum atomic E-state index is 11.0. The highest BCUT2D eigenvalue weighted by Crippen LogP contribution is 2.17. The maximum absolute atomic E-state index is 11.0. The molecule has 2 rings (SSSR count). The van der Waals surface area contributed by atoms with E-state index in [1.807, 2.05) is 30.3 Å². The predicted molar refractivity (Wildman–Crippen MR) is 81.0 cm³/mol. The van der Waals surface area contributed by atoms with Gasteiger partial charge in [-0.1, -0.05) is 48.5 Å². The standard InChI is InChI=1S/C16H18N2O3/c19-12-15(10-13-6-2-1-3-7-13)17-11-14-8-4-5-9-16(14)18(20)21/h1-9,15,17,19H,10-12H2. The number of nitro benzene ring substituents is 1. The molecule has 0 aliphatic rings. The molecule has 5 heteroatoms. The Morgan fingerprint density at radius 1 is 1.10 bits per heavy atom. The molecule has 0 aliphatic carbocycles. The fourth-order valence-corrected chi connectivity index (χ4v) is 2.19. The number of rotatable bonds is 7. The van der Waals surface area contributed by atoms with E-state index in [-0.39, 0.29) is 23.3 Å². The van der Waals surface area contributed by atoms with Crippen molar-refractivity contribution in [3.63, 3.8) is 0 Å². The highest BCUT2D eigenvalue weighted by Gasteiger charge is 2.14. The van der Waals surface area contributed by atoms with Crippen molar-refractivity contribution in [2.24, 2.45) is 0 Å². The monoisotopic (exact) mass is 286 g/mol. The number of para-hydroxylation sites is 1. The van der Waals surface area contributed by atoms with Crippen molar-refractivity contribution >= 4 is 5.69 Å². The van der Waals surface area contributed by atoms with E-state index in [4.69, 9.17) is 0 Å². The van der Waals surface area contributed by atoms with Gasteiger partial charge in [0.05, 0.1) is 11.5 Å². The van der Waals surface area contributed by atoms with Gasteiger partial charge < -0.3 is 10.4 Å². The summed E-state index contributed by atoms with van der Waals surface area (Å²) in [5.41, 5.74) is 1.84. The first-order valence-electron chi connectivity index (χ1n) is 6.81. The zero-order chi connectivity index (χ0) is 15.1. The van der Waals surface area contributed by atoms with Gasteiger partial charge in [0.2, 0.25) is 0 Å². The summed E-state index contributed by atoms with van der Waals surface area (Å²) in [6, 6.07) is 16.3. The number of nitrogens with zero attached hydrogens (tertiary/aromatic N) is 1. The Bertz CT molecular complexity index is 587. The average molecular weight is 286 g/mol. The number of hydrogen-bond acceptors (Lipinski definition) is 4. The second-order valence-corrected chi connectivity index (χ2v) is 4.84. The average Bonchev–Trinajstić information content (AvgIpc) is 2.52. The molecule has 2 aromatic rings. The summed E-state index contributed by atoms with van der Waals surface area (Å²) >= 11 is 0. The lowest BCUT2D eigenvalue weighted by Crippen LogP contribution is -2.34. The highest BCUT2D eigenvalue weighted by atomic mass is 16.6. The molecule has 0 bridgehead atoms. The second kappa shape index (κ2) is 7.52. The number of hydrogen-bond donors (Lipinski definition) is 2. The molecule has 0 amide bonds. The number of aliphatic hydroxyl groups is 1. The molecule has 0 saturated carbocycles. The molecule has 110 valence electrons. The highest BCUT2D eigenvalue weighted by molar-refractivity contribution is 5.39. The fourth-order valence-electron chi connectivity index (χ4n) is 2.19. The summed E-state index contributed by atoms with van der Waals surface area (Å²) in [6.45, 7) is 0.338. The zero-order valence-corrected chi connectivity index (χ0v) is 11.6. The first kappa shape index (κ1) is 15.2. The van der Waals surface area contributed by atoms with E-state index >= 15 is 0 Å². The minimum absolute atomic E-state index is 0.0183. The minimum atomic E-state index is -0.387. The van der Waals surface area contributed by atoms with Crippen LogP contribution in [0.5, 0.6) is 0 Å². The van der Waals surface area contributed by atoms with E-state index in [1.54, 1.807) is 18.2 Å². The topological polar surface area (TPSA) is 75.4 Å². The van der Waals surface area contributed by atoms with Crippen LogP contribution in [0.2, 0.25) is 0 Å².